The van der Waals surface area contributed by atoms with Gasteiger partial charge in [-0.1, -0.05) is 73.7 Å². The number of para-hydroxylation sites is 2. The van der Waals surface area contributed by atoms with Gasteiger partial charge in [0.25, 0.3) is 11.8 Å². The van der Waals surface area contributed by atoms with E-state index in [9.17, 15) is 9.59 Å². The zero-order valence-electron chi connectivity index (χ0n) is 16.6. The zero-order valence-corrected chi connectivity index (χ0v) is 18.3. The number of hydrogen-bond acceptors (Lipinski definition) is 4. The maximum atomic E-state index is 12.0. The molecular weight excluding hydrogens is 416 g/mol. The summed E-state index contributed by atoms with van der Waals surface area (Å²) >= 11 is 10.2. The lowest BCUT2D eigenvalue weighted by Gasteiger charge is -2.09. The predicted octanol–water partition coefficient (Wildman–Crippen LogP) is 3.66. The van der Waals surface area contributed by atoms with Gasteiger partial charge in [-0.15, -0.1) is 0 Å². The summed E-state index contributed by atoms with van der Waals surface area (Å²) < 4.78 is 0. The van der Waals surface area contributed by atoms with E-state index >= 15 is 0 Å². The summed E-state index contributed by atoms with van der Waals surface area (Å²) in [6.45, 7) is 1.12. The Kier molecular flexibility index (Phi) is 10.5. The monoisotopic (exact) mass is 442 g/mol. The van der Waals surface area contributed by atoms with Gasteiger partial charge in [-0.3, -0.25) is 9.59 Å². The van der Waals surface area contributed by atoms with Crippen molar-refractivity contribution in [2.24, 2.45) is 0 Å². The number of anilines is 2. The highest BCUT2D eigenvalue weighted by atomic mass is 32.1. The second-order valence-corrected chi connectivity index (χ2v) is 7.38. The number of rotatable bonds is 9. The zero-order chi connectivity index (χ0) is 21.6. The van der Waals surface area contributed by atoms with Crippen LogP contribution in [0.5, 0.6) is 0 Å². The number of thiocarbonyl (C=S) groups is 2. The average molecular weight is 443 g/mol. The number of hydrogen-bond donors (Lipinski definition) is 4. The first-order chi connectivity index (χ1) is 14.6. The number of nitrogens with one attached hydrogen (secondary N) is 4. The first-order valence-corrected chi connectivity index (χ1v) is 10.7. The molecule has 0 heterocycles. The van der Waals surface area contributed by atoms with E-state index in [2.05, 4.69) is 21.3 Å². The second kappa shape index (κ2) is 13.4. The molecule has 158 valence electrons. The SMILES string of the molecule is O=C(NCCCCCCNC(=O)C(=S)Nc1ccccc1)C(=S)Nc1ccccc1. The average Bonchev–Trinajstić information content (AvgIpc) is 2.76. The van der Waals surface area contributed by atoms with Gasteiger partial charge in [-0.05, 0) is 37.1 Å². The van der Waals surface area contributed by atoms with Crippen LogP contribution in [-0.2, 0) is 9.59 Å². The lowest BCUT2D eigenvalue weighted by molar-refractivity contribution is -0.115. The largest absolute Gasteiger partial charge is 0.350 e. The predicted molar refractivity (Wildman–Crippen MR) is 130 cm³/mol. The Balaban J connectivity index is 1.48. The van der Waals surface area contributed by atoms with Crippen molar-refractivity contribution in [3.05, 3.63) is 60.7 Å². The smallest absolute Gasteiger partial charge is 0.279 e. The summed E-state index contributed by atoms with van der Waals surface area (Å²) in [5.41, 5.74) is 1.58. The molecule has 0 atom stereocenters. The first kappa shape index (κ1) is 23.4. The molecule has 0 aliphatic carbocycles. The highest BCUT2D eigenvalue weighted by Gasteiger charge is 2.09. The van der Waals surface area contributed by atoms with E-state index in [1.807, 2.05) is 60.7 Å². The van der Waals surface area contributed by atoms with Gasteiger partial charge >= 0.3 is 0 Å². The van der Waals surface area contributed by atoms with Gasteiger partial charge in [0.1, 0.15) is 0 Å². The Labute approximate surface area is 187 Å². The van der Waals surface area contributed by atoms with Gasteiger partial charge in [0.05, 0.1) is 0 Å². The molecule has 0 saturated heterocycles. The number of unbranched alkanes of at least 4 members (excludes halogenated alkanes) is 3. The Morgan fingerprint density at radius 2 is 0.967 bits per heavy atom. The fourth-order valence-corrected chi connectivity index (χ4v) is 2.97. The molecule has 6 nitrogen and oxygen atoms in total. The minimum absolute atomic E-state index is 0.156. The van der Waals surface area contributed by atoms with Crippen LogP contribution in [0.4, 0.5) is 11.4 Å². The highest BCUT2D eigenvalue weighted by Crippen LogP contribution is 2.06. The van der Waals surface area contributed by atoms with Crippen molar-refractivity contribution in [2.45, 2.75) is 25.7 Å². The van der Waals surface area contributed by atoms with Crippen LogP contribution < -0.4 is 21.3 Å². The molecule has 0 unspecified atom stereocenters. The molecule has 0 radical (unpaired) electrons. The summed E-state index contributed by atoms with van der Waals surface area (Å²) in [7, 11) is 0. The molecule has 2 rings (SSSR count). The number of carbonyl (C=O) groups excluding carboxylic acids is 2. The molecule has 8 heteroatoms. The van der Waals surface area contributed by atoms with Crippen LogP contribution in [0, 0.1) is 0 Å². The third kappa shape index (κ3) is 9.11. The van der Waals surface area contributed by atoms with Gasteiger partial charge in [-0.25, -0.2) is 0 Å². The number of benzene rings is 2. The summed E-state index contributed by atoms with van der Waals surface area (Å²) in [5, 5.41) is 11.4. The van der Waals surface area contributed by atoms with Crippen molar-refractivity contribution in [3.63, 3.8) is 0 Å². The Hall–Kier alpha value is -2.84. The van der Waals surface area contributed by atoms with E-state index < -0.39 is 0 Å². The van der Waals surface area contributed by atoms with Crippen molar-refractivity contribution >= 4 is 57.6 Å². The molecule has 0 aliphatic rings. The molecule has 2 aromatic carbocycles. The fraction of sp³-hybridized carbons (Fsp3) is 0.273. The minimum Gasteiger partial charge on any atom is -0.350 e. The van der Waals surface area contributed by atoms with Crippen LogP contribution in [0.3, 0.4) is 0 Å². The summed E-state index contributed by atoms with van der Waals surface area (Å²) in [4.78, 5) is 24.3. The topological polar surface area (TPSA) is 82.3 Å². The summed E-state index contributed by atoms with van der Waals surface area (Å²) in [6, 6.07) is 18.7. The quantitative estimate of drug-likeness (QED) is 0.351. The second-order valence-electron chi connectivity index (χ2n) is 6.57. The Morgan fingerprint density at radius 1 is 0.600 bits per heavy atom. The standard InChI is InChI=1S/C22H26N4O2S2/c27-19(21(29)25-17-11-5-3-6-12-17)23-15-9-1-2-10-16-24-20(28)22(30)26-18-13-7-4-8-14-18/h3-8,11-14H,1-2,9-10,15-16H2,(H,23,27)(H,24,28)(H,25,29)(H,26,30). The van der Waals surface area contributed by atoms with Crippen LogP contribution in [-0.4, -0.2) is 34.9 Å². The number of amides is 2. The van der Waals surface area contributed by atoms with Crippen molar-refractivity contribution in [1.29, 1.82) is 0 Å². The molecule has 0 aromatic heterocycles. The molecule has 2 aromatic rings. The molecule has 30 heavy (non-hydrogen) atoms. The molecule has 0 bridgehead atoms. The molecule has 0 saturated carbocycles. The molecule has 4 N–H and O–H groups in total. The van der Waals surface area contributed by atoms with Crippen molar-refractivity contribution in [2.75, 3.05) is 23.7 Å². The van der Waals surface area contributed by atoms with Crippen molar-refractivity contribution < 1.29 is 9.59 Å². The first-order valence-electron chi connectivity index (χ1n) is 9.84. The van der Waals surface area contributed by atoms with Gasteiger partial charge in [0.15, 0.2) is 9.98 Å². The van der Waals surface area contributed by atoms with Crippen LogP contribution in [0.2, 0.25) is 0 Å². The van der Waals surface area contributed by atoms with Crippen LogP contribution in [0.15, 0.2) is 60.7 Å². The molecule has 0 fully saturated rings. The van der Waals surface area contributed by atoms with Crippen molar-refractivity contribution in [3.8, 4) is 0 Å². The Bertz CT molecular complexity index is 773. The van der Waals surface area contributed by atoms with Crippen LogP contribution in [0.1, 0.15) is 25.7 Å². The molecule has 2 amide bonds. The van der Waals surface area contributed by atoms with Crippen molar-refractivity contribution in [1.82, 2.24) is 10.6 Å². The lowest BCUT2D eigenvalue weighted by Crippen LogP contribution is -2.35. The van der Waals surface area contributed by atoms with E-state index in [4.69, 9.17) is 24.4 Å². The van der Waals surface area contributed by atoms with Crippen LogP contribution in [0.25, 0.3) is 0 Å². The van der Waals surface area contributed by atoms with E-state index in [-0.39, 0.29) is 21.8 Å². The number of carbonyl (C=O) groups is 2. The van der Waals surface area contributed by atoms with Gasteiger partial charge in [-0.2, -0.15) is 0 Å². The molecular formula is C22H26N4O2S2. The highest BCUT2D eigenvalue weighted by molar-refractivity contribution is 7.82. The third-order valence-corrected chi connectivity index (χ3v) is 4.73. The molecule has 0 spiro atoms. The van der Waals surface area contributed by atoms with Gasteiger partial charge in [0.2, 0.25) is 0 Å². The summed E-state index contributed by atoms with van der Waals surface area (Å²) in [5.74, 6) is -0.555. The van der Waals surface area contributed by atoms with E-state index in [1.165, 1.54) is 0 Å². The normalized spacial score (nSPS) is 10.0. The summed E-state index contributed by atoms with van der Waals surface area (Å²) in [6.07, 6.45) is 3.59. The maximum Gasteiger partial charge on any atom is 0.279 e. The van der Waals surface area contributed by atoms with E-state index in [0.717, 1.165) is 37.1 Å². The lowest BCUT2D eigenvalue weighted by atomic mass is 10.2. The van der Waals surface area contributed by atoms with Crippen LogP contribution >= 0.6 is 24.4 Å². The maximum absolute atomic E-state index is 12.0. The third-order valence-electron chi connectivity index (χ3n) is 4.15. The van der Waals surface area contributed by atoms with E-state index in [1.54, 1.807) is 0 Å². The molecule has 0 aliphatic heterocycles. The van der Waals surface area contributed by atoms with E-state index in [0.29, 0.717) is 13.1 Å². The minimum atomic E-state index is -0.277. The fourth-order valence-electron chi connectivity index (χ4n) is 2.59. The van der Waals surface area contributed by atoms with Gasteiger partial charge < -0.3 is 21.3 Å². The van der Waals surface area contributed by atoms with Gasteiger partial charge in [0, 0.05) is 24.5 Å². The Morgan fingerprint density at radius 3 is 1.33 bits per heavy atom.